The minimum absolute atomic E-state index is 0.0409. The number of benzene rings is 2. The molecule has 1 amide bonds. The van der Waals surface area contributed by atoms with E-state index >= 15 is 0 Å². The number of amides is 1. The van der Waals surface area contributed by atoms with Crippen molar-refractivity contribution >= 4 is 31.6 Å². The Hall–Kier alpha value is -2.23. The van der Waals surface area contributed by atoms with Crippen molar-refractivity contribution in [1.29, 1.82) is 0 Å². The van der Waals surface area contributed by atoms with Gasteiger partial charge in [-0.25, -0.2) is 21.1 Å². The molecule has 1 heterocycles. The third-order valence-electron chi connectivity index (χ3n) is 5.02. The number of hydrogen-bond donors (Lipinski definition) is 0. The van der Waals surface area contributed by atoms with E-state index in [1.165, 1.54) is 28.6 Å². The maximum absolute atomic E-state index is 13.2. The molecule has 0 aliphatic carbocycles. The number of hydrogen-bond acceptors (Lipinski definition) is 5. The highest BCUT2D eigenvalue weighted by Gasteiger charge is 2.49. The SMILES string of the molecule is CC(C)N(Cc1ccccc1)S(=O)(=O)c1ccc(N2C(=O)C(C)(C)CS2(=O)=O)cc1. The van der Waals surface area contributed by atoms with Crippen molar-refractivity contribution in [3.05, 3.63) is 60.2 Å². The highest BCUT2D eigenvalue weighted by molar-refractivity contribution is 7.94. The van der Waals surface area contributed by atoms with Crippen LogP contribution in [0.5, 0.6) is 0 Å². The quantitative estimate of drug-likeness (QED) is 0.675. The van der Waals surface area contributed by atoms with Crippen LogP contribution in [-0.4, -0.2) is 38.8 Å². The lowest BCUT2D eigenvalue weighted by Crippen LogP contribution is -2.36. The number of sulfonamides is 2. The molecule has 1 saturated heterocycles. The number of nitrogens with zero attached hydrogens (tertiary/aromatic N) is 2. The van der Waals surface area contributed by atoms with Crippen LogP contribution in [-0.2, 0) is 31.4 Å². The van der Waals surface area contributed by atoms with Gasteiger partial charge in [0.25, 0.3) is 0 Å². The van der Waals surface area contributed by atoms with Gasteiger partial charge in [0, 0.05) is 12.6 Å². The van der Waals surface area contributed by atoms with Crippen molar-refractivity contribution in [3.63, 3.8) is 0 Å². The Morgan fingerprint density at radius 2 is 1.60 bits per heavy atom. The lowest BCUT2D eigenvalue weighted by atomic mass is 9.95. The fraction of sp³-hybridized carbons (Fsp3) is 0.381. The maximum Gasteiger partial charge on any atom is 0.247 e. The summed E-state index contributed by atoms with van der Waals surface area (Å²) in [6.07, 6.45) is 0. The molecule has 30 heavy (non-hydrogen) atoms. The van der Waals surface area contributed by atoms with Crippen molar-refractivity contribution < 1.29 is 21.6 Å². The average molecular weight is 451 g/mol. The van der Waals surface area contributed by atoms with Gasteiger partial charge in [0.2, 0.25) is 26.0 Å². The van der Waals surface area contributed by atoms with Crippen LogP contribution >= 0.6 is 0 Å². The third kappa shape index (κ3) is 4.14. The number of carbonyl (C=O) groups is 1. The minimum atomic E-state index is -3.82. The Kier molecular flexibility index (Phi) is 5.83. The van der Waals surface area contributed by atoms with Crippen molar-refractivity contribution in [2.45, 2.75) is 45.2 Å². The largest absolute Gasteiger partial charge is 0.273 e. The zero-order chi connectivity index (χ0) is 22.3. The van der Waals surface area contributed by atoms with Crippen LogP contribution in [0.2, 0.25) is 0 Å². The number of anilines is 1. The number of carbonyl (C=O) groups excluding carboxylic acids is 1. The average Bonchev–Trinajstić information content (AvgIpc) is 2.82. The predicted octanol–water partition coefficient (Wildman–Crippen LogP) is 2.99. The summed E-state index contributed by atoms with van der Waals surface area (Å²) in [6.45, 7) is 6.97. The Balaban J connectivity index is 1.93. The molecule has 7 nitrogen and oxygen atoms in total. The monoisotopic (exact) mass is 450 g/mol. The normalized spacial score (nSPS) is 18.3. The second-order valence-corrected chi connectivity index (χ2v) is 12.0. The first-order valence-electron chi connectivity index (χ1n) is 9.59. The van der Waals surface area contributed by atoms with Crippen LogP contribution < -0.4 is 4.31 Å². The summed E-state index contributed by atoms with van der Waals surface area (Å²) in [6, 6.07) is 14.4. The van der Waals surface area contributed by atoms with Crippen molar-refractivity contribution in [1.82, 2.24) is 4.31 Å². The molecule has 1 aliphatic heterocycles. The summed E-state index contributed by atoms with van der Waals surface area (Å²) >= 11 is 0. The molecular weight excluding hydrogens is 424 g/mol. The van der Waals surface area contributed by atoms with Gasteiger partial charge in [-0.3, -0.25) is 4.79 Å². The molecular formula is C21H26N2O5S2. The van der Waals surface area contributed by atoms with Crippen LogP contribution in [0.15, 0.2) is 59.5 Å². The van der Waals surface area contributed by atoms with E-state index in [1.807, 2.05) is 30.3 Å². The minimum Gasteiger partial charge on any atom is -0.273 e. The van der Waals surface area contributed by atoms with Gasteiger partial charge in [-0.2, -0.15) is 4.31 Å². The van der Waals surface area contributed by atoms with E-state index < -0.39 is 31.4 Å². The van der Waals surface area contributed by atoms with E-state index in [-0.39, 0.29) is 28.9 Å². The van der Waals surface area contributed by atoms with E-state index in [4.69, 9.17) is 0 Å². The predicted molar refractivity (Wildman–Crippen MR) is 116 cm³/mol. The lowest BCUT2D eigenvalue weighted by Gasteiger charge is -2.26. The lowest BCUT2D eigenvalue weighted by molar-refractivity contribution is -0.123. The van der Waals surface area contributed by atoms with Gasteiger partial charge in [-0.1, -0.05) is 30.3 Å². The smallest absolute Gasteiger partial charge is 0.247 e. The maximum atomic E-state index is 13.2. The van der Waals surface area contributed by atoms with Gasteiger partial charge < -0.3 is 0 Å². The third-order valence-corrected chi connectivity index (χ3v) is 9.08. The molecule has 2 aromatic carbocycles. The molecule has 0 unspecified atom stereocenters. The molecule has 2 aromatic rings. The summed E-state index contributed by atoms with van der Waals surface area (Å²) in [7, 11) is -7.62. The standard InChI is InChI=1S/C21H26N2O5S2/c1-16(2)22(14-17-8-6-5-7-9-17)30(27,28)19-12-10-18(11-13-19)23-20(24)21(3,4)15-29(23,25)26/h5-13,16H,14-15H2,1-4H3. The van der Waals surface area contributed by atoms with Crippen molar-refractivity contribution in [2.24, 2.45) is 5.41 Å². The molecule has 3 rings (SSSR count). The molecule has 0 radical (unpaired) electrons. The van der Waals surface area contributed by atoms with E-state index in [2.05, 4.69) is 0 Å². The first-order valence-corrected chi connectivity index (χ1v) is 12.6. The second-order valence-electron chi connectivity index (χ2n) is 8.33. The topological polar surface area (TPSA) is 91.8 Å². The van der Waals surface area contributed by atoms with E-state index in [1.54, 1.807) is 27.7 Å². The Morgan fingerprint density at radius 3 is 2.07 bits per heavy atom. The Bertz CT molecular complexity index is 1140. The van der Waals surface area contributed by atoms with E-state index in [0.717, 1.165) is 9.87 Å². The molecule has 0 spiro atoms. The Labute approximate surface area is 178 Å². The molecule has 1 aliphatic rings. The van der Waals surface area contributed by atoms with Crippen LogP contribution in [0, 0.1) is 5.41 Å². The van der Waals surface area contributed by atoms with Crippen molar-refractivity contribution in [2.75, 3.05) is 10.1 Å². The number of rotatable bonds is 6. The van der Waals surface area contributed by atoms with Gasteiger partial charge in [0.15, 0.2) is 0 Å². The molecule has 1 fully saturated rings. The molecule has 0 bridgehead atoms. The van der Waals surface area contributed by atoms with Crippen LogP contribution in [0.25, 0.3) is 0 Å². The van der Waals surface area contributed by atoms with Gasteiger partial charge in [-0.15, -0.1) is 0 Å². The summed E-state index contributed by atoms with van der Waals surface area (Å²) < 4.78 is 53.5. The van der Waals surface area contributed by atoms with Gasteiger partial charge in [0.1, 0.15) is 0 Å². The van der Waals surface area contributed by atoms with Crippen LogP contribution in [0.4, 0.5) is 5.69 Å². The molecule has 0 N–H and O–H groups in total. The summed E-state index contributed by atoms with van der Waals surface area (Å²) in [5.74, 6) is -0.803. The second kappa shape index (κ2) is 7.79. The summed E-state index contributed by atoms with van der Waals surface area (Å²) in [5, 5.41) is 0. The van der Waals surface area contributed by atoms with Gasteiger partial charge in [0.05, 0.1) is 21.8 Å². The van der Waals surface area contributed by atoms with Crippen LogP contribution in [0.3, 0.4) is 0 Å². The van der Waals surface area contributed by atoms with Gasteiger partial charge in [-0.05, 0) is 57.5 Å². The Morgan fingerprint density at radius 1 is 1.03 bits per heavy atom. The summed E-state index contributed by atoms with van der Waals surface area (Å²) in [4.78, 5) is 12.6. The van der Waals surface area contributed by atoms with Crippen molar-refractivity contribution in [3.8, 4) is 0 Å². The first kappa shape index (κ1) is 22.5. The zero-order valence-electron chi connectivity index (χ0n) is 17.4. The van der Waals surface area contributed by atoms with E-state index in [0.29, 0.717) is 0 Å². The molecule has 162 valence electrons. The fourth-order valence-corrected chi connectivity index (χ4v) is 7.19. The zero-order valence-corrected chi connectivity index (χ0v) is 19.1. The van der Waals surface area contributed by atoms with Gasteiger partial charge >= 0.3 is 0 Å². The fourth-order valence-electron chi connectivity index (χ4n) is 3.46. The van der Waals surface area contributed by atoms with Crippen LogP contribution in [0.1, 0.15) is 33.3 Å². The van der Waals surface area contributed by atoms with E-state index in [9.17, 15) is 21.6 Å². The highest BCUT2D eigenvalue weighted by atomic mass is 32.2. The molecule has 0 saturated carbocycles. The molecule has 0 atom stereocenters. The molecule has 0 aromatic heterocycles. The summed E-state index contributed by atoms with van der Waals surface area (Å²) in [5.41, 5.74) is -0.0145. The highest BCUT2D eigenvalue weighted by Crippen LogP contribution is 2.36. The first-order chi connectivity index (χ1) is 13.9. The molecule has 9 heteroatoms.